The number of hydrogen-bond donors (Lipinski definition) is 2. The largest absolute Gasteiger partial charge is 0.364 e. The van der Waals surface area contributed by atoms with Crippen molar-refractivity contribution in [3.63, 3.8) is 0 Å². The van der Waals surface area contributed by atoms with Crippen molar-refractivity contribution in [3.05, 3.63) is 65.9 Å². The molecule has 0 saturated carbocycles. The number of halogens is 1. The topological polar surface area (TPSA) is 129 Å². The van der Waals surface area contributed by atoms with Crippen molar-refractivity contribution < 1.29 is 14.0 Å². The van der Waals surface area contributed by atoms with Gasteiger partial charge in [-0.3, -0.25) is 9.59 Å². The van der Waals surface area contributed by atoms with Gasteiger partial charge >= 0.3 is 0 Å². The molecule has 0 bridgehead atoms. The van der Waals surface area contributed by atoms with E-state index >= 15 is 0 Å². The van der Waals surface area contributed by atoms with Gasteiger partial charge in [0.2, 0.25) is 0 Å². The highest BCUT2D eigenvalue weighted by Crippen LogP contribution is 2.14. The van der Waals surface area contributed by atoms with Crippen molar-refractivity contribution in [2.45, 2.75) is 13.0 Å². The highest BCUT2D eigenvalue weighted by molar-refractivity contribution is 5.94. The van der Waals surface area contributed by atoms with E-state index < -0.39 is 23.7 Å². The molecule has 2 amide bonds. The molecule has 0 aliphatic heterocycles. The Kier molecular flexibility index (Phi) is 4.65. The lowest BCUT2D eigenvalue weighted by molar-refractivity contribution is 0.0936. The number of nitrogens with zero attached hydrogens (tertiary/aromatic N) is 5. The van der Waals surface area contributed by atoms with Crippen molar-refractivity contribution in [2.75, 3.05) is 0 Å². The van der Waals surface area contributed by atoms with Crippen LogP contribution in [0.1, 0.15) is 39.6 Å². The van der Waals surface area contributed by atoms with Crippen LogP contribution >= 0.6 is 0 Å². The van der Waals surface area contributed by atoms with Crippen LogP contribution in [0, 0.1) is 5.82 Å². The second-order valence-corrected chi connectivity index (χ2v) is 5.36. The summed E-state index contributed by atoms with van der Waals surface area (Å²) in [5, 5.41) is 6.76. The monoisotopic (exact) mass is 355 g/mol. The molecule has 0 unspecified atom stereocenters. The summed E-state index contributed by atoms with van der Waals surface area (Å²) in [7, 11) is 0. The smallest absolute Gasteiger partial charge is 0.267 e. The molecule has 0 spiro atoms. The Morgan fingerprint density at radius 2 is 2.00 bits per heavy atom. The summed E-state index contributed by atoms with van der Waals surface area (Å²) in [5.74, 6) is -1.04. The fourth-order valence-corrected chi connectivity index (χ4v) is 2.29. The highest BCUT2D eigenvalue weighted by atomic mass is 19.1. The van der Waals surface area contributed by atoms with Crippen molar-refractivity contribution in [1.29, 1.82) is 0 Å². The Morgan fingerprint density at radius 1 is 1.19 bits per heavy atom. The minimum atomic E-state index is -0.706. The van der Waals surface area contributed by atoms with Gasteiger partial charge in [0, 0.05) is 11.6 Å². The predicted octanol–water partition coefficient (Wildman–Crippen LogP) is 0.786. The average molecular weight is 355 g/mol. The average Bonchev–Trinajstić information content (AvgIpc) is 3.11. The van der Waals surface area contributed by atoms with Gasteiger partial charge in [-0.1, -0.05) is 6.07 Å². The molecule has 1 aromatic carbocycles. The lowest BCUT2D eigenvalue weighted by Crippen LogP contribution is -2.29. The highest BCUT2D eigenvalue weighted by Gasteiger charge is 2.19. The SMILES string of the molecule is C[C@H](NC(=O)c1cccc(F)c1)c1ncnn1-c1cc(C(N)=O)ncn1. The molecule has 0 aliphatic carbocycles. The molecule has 2 aromatic heterocycles. The first-order chi connectivity index (χ1) is 12.5. The van der Waals surface area contributed by atoms with Gasteiger partial charge in [0.25, 0.3) is 11.8 Å². The normalized spacial score (nSPS) is 11.8. The second kappa shape index (κ2) is 7.05. The van der Waals surface area contributed by atoms with E-state index in [1.165, 1.54) is 41.6 Å². The second-order valence-electron chi connectivity index (χ2n) is 5.36. The van der Waals surface area contributed by atoms with Crippen LogP contribution in [-0.2, 0) is 0 Å². The van der Waals surface area contributed by atoms with Crippen LogP contribution in [0.3, 0.4) is 0 Å². The molecule has 10 heteroatoms. The summed E-state index contributed by atoms with van der Waals surface area (Å²) in [6.45, 7) is 1.69. The molecule has 0 fully saturated rings. The molecule has 2 heterocycles. The summed E-state index contributed by atoms with van der Waals surface area (Å²) in [4.78, 5) is 35.5. The van der Waals surface area contributed by atoms with Gasteiger partial charge in [0.05, 0.1) is 6.04 Å². The number of rotatable bonds is 5. The van der Waals surface area contributed by atoms with E-state index in [-0.39, 0.29) is 17.1 Å². The number of nitrogens with two attached hydrogens (primary N) is 1. The standard InChI is InChI=1S/C16H14FN7O2/c1-9(23-16(26)10-3-2-4-11(17)5-10)15-21-8-22-24(15)13-6-12(14(18)25)19-7-20-13/h2-9H,1H3,(H2,18,25)(H,23,26)/t9-/m0/s1. The zero-order valence-corrected chi connectivity index (χ0v) is 13.6. The van der Waals surface area contributed by atoms with Gasteiger partial charge in [-0.15, -0.1) is 0 Å². The maximum absolute atomic E-state index is 13.3. The van der Waals surface area contributed by atoms with Gasteiger partial charge in [-0.05, 0) is 25.1 Å². The van der Waals surface area contributed by atoms with Gasteiger partial charge in [0.15, 0.2) is 11.6 Å². The number of aromatic nitrogens is 5. The fourth-order valence-electron chi connectivity index (χ4n) is 2.29. The molecule has 0 saturated heterocycles. The van der Waals surface area contributed by atoms with Crippen molar-refractivity contribution in [1.82, 2.24) is 30.0 Å². The number of hydrogen-bond acceptors (Lipinski definition) is 6. The number of carbonyl (C=O) groups excluding carboxylic acids is 2. The summed E-state index contributed by atoms with van der Waals surface area (Å²) in [6, 6.07) is 6.13. The lowest BCUT2D eigenvalue weighted by atomic mass is 10.2. The maximum Gasteiger partial charge on any atom is 0.267 e. The van der Waals surface area contributed by atoms with Crippen molar-refractivity contribution in [3.8, 4) is 5.82 Å². The van der Waals surface area contributed by atoms with E-state index in [0.29, 0.717) is 5.82 Å². The molecule has 132 valence electrons. The summed E-state index contributed by atoms with van der Waals surface area (Å²) in [5.41, 5.74) is 5.42. The minimum Gasteiger partial charge on any atom is -0.364 e. The van der Waals surface area contributed by atoms with Crippen LogP contribution in [0.15, 0.2) is 43.0 Å². The third kappa shape index (κ3) is 3.53. The first kappa shape index (κ1) is 17.1. The zero-order chi connectivity index (χ0) is 18.7. The van der Waals surface area contributed by atoms with E-state index in [4.69, 9.17) is 5.73 Å². The van der Waals surface area contributed by atoms with E-state index in [0.717, 1.165) is 6.07 Å². The molecular weight excluding hydrogens is 341 g/mol. The first-order valence-corrected chi connectivity index (χ1v) is 7.54. The van der Waals surface area contributed by atoms with Gasteiger partial charge in [-0.2, -0.15) is 9.78 Å². The number of nitrogens with one attached hydrogen (secondary N) is 1. The number of amides is 2. The van der Waals surface area contributed by atoms with Crippen LogP contribution in [0.2, 0.25) is 0 Å². The summed E-state index contributed by atoms with van der Waals surface area (Å²) < 4.78 is 14.6. The van der Waals surface area contributed by atoms with Crippen molar-refractivity contribution >= 4 is 11.8 Å². The molecule has 1 atom stereocenters. The van der Waals surface area contributed by atoms with Crippen LogP contribution < -0.4 is 11.1 Å². The summed E-state index contributed by atoms with van der Waals surface area (Å²) in [6.07, 6.45) is 2.46. The molecule has 0 aliphatic rings. The van der Waals surface area contributed by atoms with Crippen LogP contribution in [0.4, 0.5) is 4.39 Å². The Labute approximate surface area is 147 Å². The van der Waals surface area contributed by atoms with Crippen LogP contribution in [0.5, 0.6) is 0 Å². The lowest BCUT2D eigenvalue weighted by Gasteiger charge is -2.14. The zero-order valence-electron chi connectivity index (χ0n) is 13.6. The minimum absolute atomic E-state index is 0.0212. The third-order valence-corrected chi connectivity index (χ3v) is 3.52. The quantitative estimate of drug-likeness (QED) is 0.696. The van der Waals surface area contributed by atoms with Gasteiger partial charge < -0.3 is 11.1 Å². The number of carbonyl (C=O) groups is 2. The van der Waals surface area contributed by atoms with Crippen LogP contribution in [-0.4, -0.2) is 36.5 Å². The molecule has 3 aromatic rings. The van der Waals surface area contributed by atoms with E-state index in [2.05, 4.69) is 25.4 Å². The number of benzene rings is 1. The first-order valence-electron chi connectivity index (χ1n) is 7.54. The Hall–Kier alpha value is -3.69. The van der Waals surface area contributed by atoms with Crippen LogP contribution in [0.25, 0.3) is 5.82 Å². The van der Waals surface area contributed by atoms with Crippen molar-refractivity contribution in [2.24, 2.45) is 5.73 Å². The molecular formula is C16H14FN7O2. The fraction of sp³-hybridized carbons (Fsp3) is 0.125. The maximum atomic E-state index is 13.3. The van der Waals surface area contributed by atoms with E-state index in [1.54, 1.807) is 6.92 Å². The van der Waals surface area contributed by atoms with Gasteiger partial charge in [0.1, 0.15) is 24.2 Å². The van der Waals surface area contributed by atoms with Gasteiger partial charge in [-0.25, -0.2) is 19.3 Å². The molecule has 26 heavy (non-hydrogen) atoms. The third-order valence-electron chi connectivity index (χ3n) is 3.52. The molecule has 9 nitrogen and oxygen atoms in total. The molecule has 3 N–H and O–H groups in total. The molecule has 0 radical (unpaired) electrons. The number of primary amides is 1. The Balaban J connectivity index is 1.85. The molecule has 3 rings (SSSR count). The Morgan fingerprint density at radius 3 is 2.73 bits per heavy atom. The Bertz CT molecular complexity index is 972. The van der Waals surface area contributed by atoms with E-state index in [9.17, 15) is 14.0 Å². The van der Waals surface area contributed by atoms with E-state index in [1.807, 2.05) is 0 Å². The predicted molar refractivity (Wildman–Crippen MR) is 87.7 cm³/mol. The summed E-state index contributed by atoms with van der Waals surface area (Å²) >= 11 is 0.